The number of carbonyl (C=O) groups is 2. The molecule has 3 aliphatic rings. The van der Waals surface area contributed by atoms with E-state index in [-0.39, 0.29) is 35.5 Å². The number of carbonyl (C=O) groups excluding carboxylic acids is 2. The van der Waals surface area contributed by atoms with Crippen LogP contribution in [0.3, 0.4) is 0 Å². The third kappa shape index (κ3) is 2.49. The van der Waals surface area contributed by atoms with E-state index in [1.807, 2.05) is 12.1 Å². The summed E-state index contributed by atoms with van der Waals surface area (Å²) in [6, 6.07) is 3.93. The molecule has 2 bridgehead atoms. The highest BCUT2D eigenvalue weighted by atomic mass is 16.3. The molecule has 3 fully saturated rings. The lowest BCUT2D eigenvalue weighted by atomic mass is 9.81. The average molecular weight is 355 g/mol. The maximum atomic E-state index is 13.0. The van der Waals surface area contributed by atoms with E-state index in [9.17, 15) is 14.7 Å². The summed E-state index contributed by atoms with van der Waals surface area (Å²) in [5.74, 6) is 1.52. The Labute approximate surface area is 155 Å². The van der Waals surface area contributed by atoms with Gasteiger partial charge in [-0.1, -0.05) is 39.8 Å². The SMILES string of the molecule is CC(C)c1cc(CN2C(=O)C3C4CCC(C4)C3C2=O)cc(C(C)C)c1O. The maximum Gasteiger partial charge on any atom is 0.233 e. The minimum atomic E-state index is -0.0625. The van der Waals surface area contributed by atoms with Crippen molar-refractivity contribution in [3.8, 4) is 5.75 Å². The molecule has 26 heavy (non-hydrogen) atoms. The summed E-state index contributed by atoms with van der Waals surface area (Å²) in [6.45, 7) is 8.55. The van der Waals surface area contributed by atoms with E-state index in [2.05, 4.69) is 27.7 Å². The molecule has 1 saturated heterocycles. The van der Waals surface area contributed by atoms with E-state index < -0.39 is 0 Å². The van der Waals surface area contributed by atoms with E-state index in [0.29, 0.717) is 24.1 Å². The Kier molecular flexibility index (Phi) is 4.13. The van der Waals surface area contributed by atoms with Crippen LogP contribution in [-0.4, -0.2) is 21.8 Å². The second kappa shape index (κ2) is 6.11. The van der Waals surface area contributed by atoms with Crippen molar-refractivity contribution in [2.24, 2.45) is 23.7 Å². The van der Waals surface area contributed by atoms with Crippen molar-refractivity contribution in [3.63, 3.8) is 0 Å². The number of hydrogen-bond acceptors (Lipinski definition) is 3. The molecule has 4 heteroatoms. The van der Waals surface area contributed by atoms with Crippen LogP contribution in [0, 0.1) is 23.7 Å². The summed E-state index contributed by atoms with van der Waals surface area (Å²) in [5.41, 5.74) is 2.74. The Morgan fingerprint density at radius 1 is 0.962 bits per heavy atom. The van der Waals surface area contributed by atoms with Gasteiger partial charge in [-0.25, -0.2) is 0 Å². The normalized spacial score (nSPS) is 30.2. The fraction of sp³-hybridized carbons (Fsp3) is 0.636. The number of benzene rings is 1. The van der Waals surface area contributed by atoms with Gasteiger partial charge in [0.2, 0.25) is 11.8 Å². The van der Waals surface area contributed by atoms with Crippen molar-refractivity contribution in [1.29, 1.82) is 0 Å². The molecule has 1 aromatic rings. The fourth-order valence-electron chi connectivity index (χ4n) is 5.52. The van der Waals surface area contributed by atoms with Gasteiger partial charge in [-0.15, -0.1) is 0 Å². The van der Waals surface area contributed by atoms with Gasteiger partial charge in [0.1, 0.15) is 5.75 Å². The molecule has 0 radical (unpaired) electrons. The first-order valence-corrected chi connectivity index (χ1v) is 10.0. The van der Waals surface area contributed by atoms with Gasteiger partial charge >= 0.3 is 0 Å². The number of likely N-dealkylation sites (tertiary alicyclic amines) is 1. The van der Waals surface area contributed by atoms with Gasteiger partial charge in [0.05, 0.1) is 18.4 Å². The molecular formula is C22H29NO3. The summed E-state index contributed by atoms with van der Waals surface area (Å²) in [6.07, 6.45) is 3.27. The summed E-state index contributed by atoms with van der Waals surface area (Å²) in [7, 11) is 0. The Hall–Kier alpha value is -1.84. The van der Waals surface area contributed by atoms with Gasteiger partial charge in [-0.05, 0) is 59.6 Å². The minimum absolute atomic E-state index is 0.0393. The van der Waals surface area contributed by atoms with Crippen LogP contribution in [0.15, 0.2) is 12.1 Å². The van der Waals surface area contributed by atoms with Gasteiger partial charge in [-0.3, -0.25) is 14.5 Å². The first-order valence-electron chi connectivity index (χ1n) is 10.0. The quantitative estimate of drug-likeness (QED) is 0.825. The van der Waals surface area contributed by atoms with Crippen LogP contribution in [0.25, 0.3) is 0 Å². The van der Waals surface area contributed by atoms with Crippen LogP contribution < -0.4 is 0 Å². The molecule has 140 valence electrons. The topological polar surface area (TPSA) is 57.6 Å². The highest BCUT2D eigenvalue weighted by Crippen LogP contribution is 2.56. The smallest absolute Gasteiger partial charge is 0.233 e. The van der Waals surface area contributed by atoms with Crippen LogP contribution in [0.2, 0.25) is 0 Å². The predicted octanol–water partition coefficient (Wildman–Crippen LogP) is 4.17. The Bertz CT molecular complexity index is 710. The standard InChI is InChI=1S/C22H29NO3/c1-11(2)16-7-13(8-17(12(3)4)20(16)24)10-23-21(25)18-14-5-6-15(9-14)19(18)22(23)26/h7-8,11-12,14-15,18-19,24H,5-6,9-10H2,1-4H3. The van der Waals surface area contributed by atoms with Crippen molar-refractivity contribution in [2.75, 3.05) is 0 Å². The molecule has 4 rings (SSSR count). The van der Waals surface area contributed by atoms with E-state index in [0.717, 1.165) is 36.0 Å². The van der Waals surface area contributed by atoms with E-state index in [1.165, 1.54) is 4.90 Å². The number of phenolic OH excluding ortho intramolecular Hbond substituents is 1. The Morgan fingerprint density at radius 2 is 1.42 bits per heavy atom. The van der Waals surface area contributed by atoms with Gasteiger partial charge in [0, 0.05) is 0 Å². The fourth-order valence-corrected chi connectivity index (χ4v) is 5.52. The van der Waals surface area contributed by atoms with Crippen molar-refractivity contribution in [2.45, 2.75) is 65.3 Å². The Balaban J connectivity index is 1.65. The third-order valence-electron chi connectivity index (χ3n) is 6.83. The van der Waals surface area contributed by atoms with Crippen LogP contribution in [0.4, 0.5) is 0 Å². The highest BCUT2D eigenvalue weighted by molar-refractivity contribution is 6.06. The van der Waals surface area contributed by atoms with E-state index >= 15 is 0 Å². The third-order valence-corrected chi connectivity index (χ3v) is 6.83. The van der Waals surface area contributed by atoms with Crippen molar-refractivity contribution in [1.82, 2.24) is 4.90 Å². The first kappa shape index (κ1) is 17.6. The zero-order chi connectivity index (χ0) is 18.7. The van der Waals surface area contributed by atoms with Crippen LogP contribution in [-0.2, 0) is 16.1 Å². The molecule has 0 aromatic heterocycles. The number of rotatable bonds is 4. The Morgan fingerprint density at radius 3 is 1.85 bits per heavy atom. The average Bonchev–Trinajstić information content (AvgIpc) is 3.25. The van der Waals surface area contributed by atoms with Crippen LogP contribution >= 0.6 is 0 Å². The lowest BCUT2D eigenvalue weighted by Gasteiger charge is -2.21. The van der Waals surface area contributed by atoms with Gasteiger partial charge < -0.3 is 5.11 Å². The van der Waals surface area contributed by atoms with Gasteiger partial charge in [-0.2, -0.15) is 0 Å². The molecule has 1 aliphatic heterocycles. The van der Waals surface area contributed by atoms with Crippen molar-refractivity contribution < 1.29 is 14.7 Å². The molecule has 2 amide bonds. The molecule has 2 saturated carbocycles. The summed E-state index contributed by atoms with van der Waals surface area (Å²) in [4.78, 5) is 27.4. The molecule has 1 aromatic carbocycles. The largest absolute Gasteiger partial charge is 0.507 e. The van der Waals surface area contributed by atoms with Crippen LogP contribution in [0.5, 0.6) is 5.75 Å². The van der Waals surface area contributed by atoms with Crippen LogP contribution in [0.1, 0.15) is 75.5 Å². The number of hydrogen-bond donors (Lipinski definition) is 1. The lowest BCUT2D eigenvalue weighted by Crippen LogP contribution is -2.32. The number of amides is 2. The van der Waals surface area contributed by atoms with E-state index in [1.54, 1.807) is 0 Å². The van der Waals surface area contributed by atoms with Gasteiger partial charge in [0.15, 0.2) is 0 Å². The first-order chi connectivity index (χ1) is 12.3. The zero-order valence-electron chi connectivity index (χ0n) is 16.2. The molecule has 1 N–H and O–H groups in total. The summed E-state index contributed by atoms with van der Waals surface area (Å²) in [5, 5.41) is 10.6. The van der Waals surface area contributed by atoms with Crippen molar-refractivity contribution in [3.05, 3.63) is 28.8 Å². The number of phenols is 1. The second-order valence-corrected chi connectivity index (χ2v) is 9.08. The second-order valence-electron chi connectivity index (χ2n) is 9.08. The number of nitrogens with zero attached hydrogens (tertiary/aromatic N) is 1. The minimum Gasteiger partial charge on any atom is -0.507 e. The van der Waals surface area contributed by atoms with Gasteiger partial charge in [0.25, 0.3) is 0 Å². The van der Waals surface area contributed by atoms with E-state index in [4.69, 9.17) is 0 Å². The highest BCUT2D eigenvalue weighted by Gasteiger charge is 2.60. The number of aromatic hydroxyl groups is 1. The molecule has 4 nitrogen and oxygen atoms in total. The lowest BCUT2D eigenvalue weighted by molar-refractivity contribution is -0.141. The molecular weight excluding hydrogens is 326 g/mol. The summed E-state index contributed by atoms with van der Waals surface area (Å²) < 4.78 is 0. The number of fused-ring (bicyclic) bond motifs is 5. The number of imide groups is 1. The zero-order valence-corrected chi connectivity index (χ0v) is 16.2. The molecule has 2 aliphatic carbocycles. The molecule has 4 atom stereocenters. The summed E-state index contributed by atoms with van der Waals surface area (Å²) >= 11 is 0. The monoisotopic (exact) mass is 355 g/mol. The molecule has 1 heterocycles. The predicted molar refractivity (Wildman–Crippen MR) is 99.7 cm³/mol. The van der Waals surface area contributed by atoms with Crippen molar-refractivity contribution >= 4 is 11.8 Å². The molecule has 4 unspecified atom stereocenters. The maximum absolute atomic E-state index is 13.0. The molecule has 0 spiro atoms.